The Hall–Kier alpha value is -0.900. The lowest BCUT2D eigenvalue weighted by atomic mass is 9.76. The first-order chi connectivity index (χ1) is 7.68. The molecule has 0 aliphatic heterocycles. The summed E-state index contributed by atoms with van der Waals surface area (Å²) in [5.41, 5.74) is 1.53. The fourth-order valence-corrected chi connectivity index (χ4v) is 2.55. The molecule has 4 heteroatoms. The average Bonchev–Trinajstić information content (AvgIpc) is 2.65. The van der Waals surface area contributed by atoms with E-state index in [4.69, 9.17) is 0 Å². The lowest BCUT2D eigenvalue weighted by molar-refractivity contribution is 0.207. The van der Waals surface area contributed by atoms with Crippen LogP contribution >= 0.6 is 0 Å². The van der Waals surface area contributed by atoms with Crippen molar-refractivity contribution in [1.29, 1.82) is 0 Å². The van der Waals surface area contributed by atoms with E-state index in [9.17, 15) is 0 Å². The lowest BCUT2D eigenvalue weighted by Crippen LogP contribution is -2.33. The zero-order chi connectivity index (χ0) is 11.4. The maximum atomic E-state index is 4.07. The van der Waals surface area contributed by atoms with E-state index in [-0.39, 0.29) is 0 Å². The molecule has 0 unspecified atom stereocenters. The van der Waals surface area contributed by atoms with Crippen LogP contribution in [0.25, 0.3) is 0 Å². The quantitative estimate of drug-likeness (QED) is 0.845. The predicted octanol–water partition coefficient (Wildman–Crippen LogP) is 1.88. The Balaban J connectivity index is 1.74. The fraction of sp³-hybridized carbons (Fsp3) is 0.833. The van der Waals surface area contributed by atoms with Gasteiger partial charge in [-0.15, -0.1) is 5.10 Å². The zero-order valence-electron chi connectivity index (χ0n) is 10.4. The van der Waals surface area contributed by atoms with Gasteiger partial charge in [0.05, 0.1) is 5.69 Å². The van der Waals surface area contributed by atoms with Crippen LogP contribution in [0.3, 0.4) is 0 Å². The Bertz CT molecular complexity index is 326. The lowest BCUT2D eigenvalue weighted by Gasteiger charge is -2.33. The predicted molar refractivity (Wildman–Crippen MR) is 63.9 cm³/mol. The van der Waals surface area contributed by atoms with Gasteiger partial charge < -0.3 is 5.32 Å². The molecule has 4 nitrogen and oxygen atoms in total. The summed E-state index contributed by atoms with van der Waals surface area (Å²) in [6, 6.07) is 0. The topological polar surface area (TPSA) is 42.7 Å². The number of nitrogens with zero attached hydrogens (tertiary/aromatic N) is 3. The van der Waals surface area contributed by atoms with Gasteiger partial charge in [-0.05, 0) is 18.3 Å². The molecular weight excluding hydrogens is 200 g/mol. The van der Waals surface area contributed by atoms with E-state index >= 15 is 0 Å². The van der Waals surface area contributed by atoms with Crippen LogP contribution in [0.1, 0.15) is 44.7 Å². The second-order valence-electron chi connectivity index (χ2n) is 5.36. The molecule has 16 heavy (non-hydrogen) atoms. The van der Waals surface area contributed by atoms with E-state index in [0.717, 1.165) is 18.8 Å². The van der Waals surface area contributed by atoms with Crippen LogP contribution in [0, 0.1) is 5.41 Å². The molecule has 0 saturated heterocycles. The number of rotatable bonds is 4. The first-order valence-corrected chi connectivity index (χ1v) is 6.24. The largest absolute Gasteiger partial charge is 0.311 e. The molecule has 1 aliphatic carbocycles. The van der Waals surface area contributed by atoms with Gasteiger partial charge in [0.15, 0.2) is 0 Å². The van der Waals surface area contributed by atoms with Crippen molar-refractivity contribution < 1.29 is 0 Å². The van der Waals surface area contributed by atoms with Crippen molar-refractivity contribution in [3.63, 3.8) is 0 Å². The van der Waals surface area contributed by atoms with Gasteiger partial charge in [-0.1, -0.05) is 31.4 Å². The second kappa shape index (κ2) is 4.95. The van der Waals surface area contributed by atoms with Gasteiger partial charge in [0, 0.05) is 26.3 Å². The maximum absolute atomic E-state index is 4.07. The van der Waals surface area contributed by atoms with Gasteiger partial charge in [0.2, 0.25) is 0 Å². The fourth-order valence-electron chi connectivity index (χ4n) is 2.55. The molecular formula is C12H22N4. The van der Waals surface area contributed by atoms with Crippen LogP contribution in [-0.4, -0.2) is 21.5 Å². The van der Waals surface area contributed by atoms with Crippen molar-refractivity contribution in [2.24, 2.45) is 12.5 Å². The highest BCUT2D eigenvalue weighted by atomic mass is 15.4. The van der Waals surface area contributed by atoms with E-state index in [2.05, 4.69) is 22.6 Å². The minimum atomic E-state index is 0.500. The molecule has 0 atom stereocenters. The van der Waals surface area contributed by atoms with Crippen molar-refractivity contribution in [2.45, 2.75) is 45.6 Å². The van der Waals surface area contributed by atoms with Gasteiger partial charge >= 0.3 is 0 Å². The molecule has 1 aromatic heterocycles. The van der Waals surface area contributed by atoms with E-state index < -0.39 is 0 Å². The number of aromatic nitrogens is 3. The number of hydrogen-bond donors (Lipinski definition) is 1. The van der Waals surface area contributed by atoms with Crippen LogP contribution in [0.5, 0.6) is 0 Å². The monoisotopic (exact) mass is 222 g/mol. The van der Waals surface area contributed by atoms with Gasteiger partial charge in [-0.3, -0.25) is 4.68 Å². The highest BCUT2D eigenvalue weighted by Crippen LogP contribution is 2.34. The van der Waals surface area contributed by atoms with Crippen LogP contribution in [-0.2, 0) is 13.6 Å². The van der Waals surface area contributed by atoms with E-state index in [1.54, 1.807) is 4.68 Å². The van der Waals surface area contributed by atoms with Crippen LogP contribution in [0.4, 0.5) is 0 Å². The number of nitrogens with one attached hydrogen (secondary N) is 1. The highest BCUT2D eigenvalue weighted by Gasteiger charge is 2.25. The van der Waals surface area contributed by atoms with Crippen LogP contribution in [0.15, 0.2) is 6.20 Å². The Kier molecular flexibility index (Phi) is 3.59. The summed E-state index contributed by atoms with van der Waals surface area (Å²) in [6.07, 6.45) is 8.89. The van der Waals surface area contributed by atoms with E-state index in [0.29, 0.717) is 5.41 Å². The van der Waals surface area contributed by atoms with Crippen molar-refractivity contribution in [3.05, 3.63) is 11.9 Å². The third-order valence-electron chi connectivity index (χ3n) is 3.57. The molecule has 0 spiro atoms. The molecule has 1 heterocycles. The average molecular weight is 222 g/mol. The first kappa shape index (κ1) is 11.6. The van der Waals surface area contributed by atoms with E-state index in [1.807, 2.05) is 13.2 Å². The molecule has 2 rings (SSSR count). The highest BCUT2D eigenvalue weighted by molar-refractivity contribution is 4.91. The summed E-state index contributed by atoms with van der Waals surface area (Å²) in [6.45, 7) is 4.34. The standard InChI is InChI=1S/C12H22N4/c1-12(6-4-3-5-7-12)10-13-8-11-9-16(2)15-14-11/h9,13H,3-8,10H2,1-2H3. The summed E-state index contributed by atoms with van der Waals surface area (Å²) in [4.78, 5) is 0. The van der Waals surface area contributed by atoms with Gasteiger partial charge in [0.25, 0.3) is 0 Å². The summed E-state index contributed by atoms with van der Waals surface area (Å²) in [5.74, 6) is 0. The third-order valence-corrected chi connectivity index (χ3v) is 3.57. The Morgan fingerprint density at radius 2 is 2.12 bits per heavy atom. The molecule has 0 amide bonds. The summed E-state index contributed by atoms with van der Waals surface area (Å²) < 4.78 is 1.75. The molecule has 1 N–H and O–H groups in total. The van der Waals surface area contributed by atoms with Crippen LogP contribution < -0.4 is 5.32 Å². The Morgan fingerprint density at radius 3 is 2.75 bits per heavy atom. The molecule has 0 radical (unpaired) electrons. The van der Waals surface area contributed by atoms with E-state index in [1.165, 1.54) is 32.1 Å². The first-order valence-electron chi connectivity index (χ1n) is 6.24. The smallest absolute Gasteiger partial charge is 0.0964 e. The maximum Gasteiger partial charge on any atom is 0.0964 e. The molecule has 0 bridgehead atoms. The zero-order valence-corrected chi connectivity index (χ0v) is 10.4. The molecule has 1 aliphatic rings. The summed E-state index contributed by atoms with van der Waals surface area (Å²) >= 11 is 0. The van der Waals surface area contributed by atoms with Gasteiger partial charge in [0.1, 0.15) is 0 Å². The number of aryl methyl sites for hydroxylation is 1. The van der Waals surface area contributed by atoms with Crippen molar-refractivity contribution in [1.82, 2.24) is 20.3 Å². The second-order valence-corrected chi connectivity index (χ2v) is 5.36. The molecule has 0 aromatic carbocycles. The third kappa shape index (κ3) is 3.04. The normalized spacial score (nSPS) is 19.9. The van der Waals surface area contributed by atoms with Crippen molar-refractivity contribution in [2.75, 3.05) is 6.54 Å². The van der Waals surface area contributed by atoms with Gasteiger partial charge in [-0.25, -0.2) is 0 Å². The Labute approximate surface area is 97.4 Å². The molecule has 1 fully saturated rings. The molecule has 90 valence electrons. The minimum absolute atomic E-state index is 0.500. The minimum Gasteiger partial charge on any atom is -0.311 e. The van der Waals surface area contributed by atoms with Gasteiger partial charge in [-0.2, -0.15) is 0 Å². The Morgan fingerprint density at radius 1 is 1.38 bits per heavy atom. The summed E-state index contributed by atoms with van der Waals surface area (Å²) in [5, 5.41) is 11.5. The number of hydrogen-bond acceptors (Lipinski definition) is 3. The molecule has 1 aromatic rings. The van der Waals surface area contributed by atoms with Crippen molar-refractivity contribution in [3.8, 4) is 0 Å². The molecule has 1 saturated carbocycles. The SMILES string of the molecule is Cn1cc(CNCC2(C)CCCCC2)nn1. The van der Waals surface area contributed by atoms with Crippen LogP contribution in [0.2, 0.25) is 0 Å². The summed E-state index contributed by atoms with van der Waals surface area (Å²) in [7, 11) is 1.90. The van der Waals surface area contributed by atoms with Crippen molar-refractivity contribution >= 4 is 0 Å².